The van der Waals surface area contributed by atoms with E-state index in [9.17, 15) is 19.2 Å². The lowest BCUT2D eigenvalue weighted by molar-refractivity contribution is -0.140. The lowest BCUT2D eigenvalue weighted by Crippen LogP contribution is -2.41. The van der Waals surface area contributed by atoms with Crippen molar-refractivity contribution in [2.75, 3.05) is 29.5 Å². The third-order valence-electron chi connectivity index (χ3n) is 4.21. The molecule has 12 heteroatoms. The molecular formula is C19H24N6O6. The SMILES string of the molecule is Nc1ncc(NCCCNc2ccc(C(=O)N[C@@H](CCC(=O)O)C(=O)O)cc2)c(=O)[nH]1. The molecule has 31 heavy (non-hydrogen) atoms. The van der Waals surface area contributed by atoms with E-state index in [4.69, 9.17) is 15.9 Å². The number of carboxylic acid groups (broad SMARTS) is 2. The molecule has 0 radical (unpaired) electrons. The van der Waals surface area contributed by atoms with E-state index in [-0.39, 0.29) is 29.9 Å². The van der Waals surface area contributed by atoms with Crippen LogP contribution in [0.3, 0.4) is 0 Å². The van der Waals surface area contributed by atoms with Crippen LogP contribution in [0.4, 0.5) is 17.3 Å². The van der Waals surface area contributed by atoms with Gasteiger partial charge in [-0.3, -0.25) is 19.4 Å². The van der Waals surface area contributed by atoms with Crippen molar-refractivity contribution in [2.45, 2.75) is 25.3 Å². The van der Waals surface area contributed by atoms with E-state index in [0.29, 0.717) is 25.2 Å². The fourth-order valence-corrected chi connectivity index (χ4v) is 2.58. The van der Waals surface area contributed by atoms with Gasteiger partial charge in [0.1, 0.15) is 11.7 Å². The zero-order chi connectivity index (χ0) is 22.8. The lowest BCUT2D eigenvalue weighted by atomic mass is 10.1. The van der Waals surface area contributed by atoms with Gasteiger partial charge in [0.05, 0.1) is 6.20 Å². The van der Waals surface area contributed by atoms with Gasteiger partial charge < -0.3 is 31.9 Å². The molecule has 0 unspecified atom stereocenters. The maximum absolute atomic E-state index is 12.2. The Labute approximate surface area is 176 Å². The van der Waals surface area contributed by atoms with E-state index in [1.807, 2.05) is 0 Å². The van der Waals surface area contributed by atoms with Crippen molar-refractivity contribution in [3.8, 4) is 0 Å². The summed E-state index contributed by atoms with van der Waals surface area (Å²) in [4.78, 5) is 51.8. The van der Waals surface area contributed by atoms with E-state index < -0.39 is 23.9 Å². The summed E-state index contributed by atoms with van der Waals surface area (Å²) in [5, 5.41) is 26.2. The summed E-state index contributed by atoms with van der Waals surface area (Å²) in [5.41, 5.74) is 6.37. The van der Waals surface area contributed by atoms with E-state index >= 15 is 0 Å². The number of hydrogen-bond acceptors (Lipinski definition) is 8. The van der Waals surface area contributed by atoms with Crippen molar-refractivity contribution in [2.24, 2.45) is 0 Å². The number of benzene rings is 1. The molecule has 0 bridgehead atoms. The van der Waals surface area contributed by atoms with Gasteiger partial charge in [-0.05, 0) is 37.1 Å². The number of aromatic amines is 1. The van der Waals surface area contributed by atoms with Gasteiger partial charge in [0.25, 0.3) is 11.5 Å². The molecule has 1 heterocycles. The van der Waals surface area contributed by atoms with Gasteiger partial charge in [0, 0.05) is 30.8 Å². The third kappa shape index (κ3) is 7.68. The molecule has 2 aromatic rings. The Morgan fingerprint density at radius 3 is 2.39 bits per heavy atom. The second-order valence-corrected chi connectivity index (χ2v) is 6.59. The molecule has 1 aromatic carbocycles. The molecule has 1 atom stereocenters. The van der Waals surface area contributed by atoms with Crippen molar-refractivity contribution >= 4 is 35.2 Å². The number of nitrogens with two attached hydrogens (primary N) is 1. The van der Waals surface area contributed by atoms with Crippen LogP contribution in [0.25, 0.3) is 0 Å². The summed E-state index contributed by atoms with van der Waals surface area (Å²) in [5.74, 6) is -2.98. The predicted molar refractivity (Wildman–Crippen MR) is 113 cm³/mol. The van der Waals surface area contributed by atoms with E-state index in [1.54, 1.807) is 12.1 Å². The van der Waals surface area contributed by atoms with E-state index in [1.165, 1.54) is 18.3 Å². The minimum absolute atomic E-state index is 0.0492. The van der Waals surface area contributed by atoms with Crippen LogP contribution in [0.2, 0.25) is 0 Å². The quantitative estimate of drug-likeness (QED) is 0.229. The minimum Gasteiger partial charge on any atom is -0.481 e. The minimum atomic E-state index is -1.29. The van der Waals surface area contributed by atoms with Gasteiger partial charge in [0.2, 0.25) is 0 Å². The summed E-state index contributed by atoms with van der Waals surface area (Å²) in [7, 11) is 0. The summed E-state index contributed by atoms with van der Waals surface area (Å²) >= 11 is 0. The van der Waals surface area contributed by atoms with Crippen LogP contribution in [-0.2, 0) is 9.59 Å². The highest BCUT2D eigenvalue weighted by atomic mass is 16.4. The second kappa shape index (κ2) is 11.2. The Hall–Kier alpha value is -4.09. The highest BCUT2D eigenvalue weighted by Gasteiger charge is 2.21. The zero-order valence-electron chi connectivity index (χ0n) is 16.6. The number of rotatable bonds is 12. The van der Waals surface area contributed by atoms with Gasteiger partial charge in [-0.2, -0.15) is 0 Å². The number of nitrogens with zero attached hydrogens (tertiary/aromatic N) is 1. The molecule has 8 N–H and O–H groups in total. The molecular weight excluding hydrogens is 408 g/mol. The fraction of sp³-hybridized carbons (Fsp3) is 0.316. The Balaban J connectivity index is 1.77. The number of aliphatic carboxylic acids is 2. The Morgan fingerprint density at radius 1 is 1.10 bits per heavy atom. The van der Waals surface area contributed by atoms with E-state index in [2.05, 4.69) is 25.9 Å². The van der Waals surface area contributed by atoms with Gasteiger partial charge >= 0.3 is 11.9 Å². The van der Waals surface area contributed by atoms with Crippen molar-refractivity contribution < 1.29 is 24.6 Å². The molecule has 0 spiro atoms. The number of amides is 1. The van der Waals surface area contributed by atoms with Crippen LogP contribution in [-0.4, -0.2) is 57.2 Å². The first-order valence-electron chi connectivity index (χ1n) is 9.44. The maximum atomic E-state index is 12.2. The third-order valence-corrected chi connectivity index (χ3v) is 4.21. The van der Waals surface area contributed by atoms with Crippen LogP contribution in [0.15, 0.2) is 35.3 Å². The lowest BCUT2D eigenvalue weighted by Gasteiger charge is -2.14. The number of nitrogen functional groups attached to an aromatic ring is 1. The summed E-state index contributed by atoms with van der Waals surface area (Å²) < 4.78 is 0. The number of carboxylic acids is 2. The van der Waals surface area contributed by atoms with Crippen LogP contribution >= 0.6 is 0 Å². The van der Waals surface area contributed by atoms with Gasteiger partial charge in [-0.1, -0.05) is 0 Å². The Bertz CT molecular complexity index is 975. The Morgan fingerprint density at radius 2 is 1.77 bits per heavy atom. The van der Waals surface area contributed by atoms with Crippen molar-refractivity contribution in [1.29, 1.82) is 0 Å². The summed E-state index contributed by atoms with van der Waals surface area (Å²) in [6, 6.07) is 5.13. The number of aromatic nitrogens is 2. The molecule has 0 aliphatic carbocycles. The molecule has 12 nitrogen and oxygen atoms in total. The number of carbonyl (C=O) groups excluding carboxylic acids is 1. The van der Waals surface area contributed by atoms with Crippen LogP contribution in [0.1, 0.15) is 29.6 Å². The number of H-pyrrole nitrogens is 1. The fourth-order valence-electron chi connectivity index (χ4n) is 2.58. The average Bonchev–Trinajstić information content (AvgIpc) is 2.72. The summed E-state index contributed by atoms with van der Waals surface area (Å²) in [6.45, 7) is 1.12. The normalized spacial score (nSPS) is 11.4. The zero-order valence-corrected chi connectivity index (χ0v) is 16.6. The van der Waals surface area contributed by atoms with Crippen LogP contribution in [0.5, 0.6) is 0 Å². The number of carbonyl (C=O) groups is 3. The van der Waals surface area contributed by atoms with Crippen LogP contribution in [0, 0.1) is 0 Å². The molecule has 0 aliphatic heterocycles. The predicted octanol–water partition coefficient (Wildman–Crippen LogP) is 0.314. The van der Waals surface area contributed by atoms with Crippen LogP contribution < -0.4 is 27.2 Å². The highest BCUT2D eigenvalue weighted by Crippen LogP contribution is 2.10. The van der Waals surface area contributed by atoms with Crippen molar-refractivity contribution in [3.05, 3.63) is 46.4 Å². The number of anilines is 3. The summed E-state index contributed by atoms with van der Waals surface area (Å²) in [6.07, 6.45) is 1.48. The smallest absolute Gasteiger partial charge is 0.326 e. The van der Waals surface area contributed by atoms with Gasteiger partial charge in [-0.25, -0.2) is 9.78 Å². The molecule has 0 saturated heterocycles. The second-order valence-electron chi connectivity index (χ2n) is 6.59. The topological polar surface area (TPSA) is 200 Å². The number of hydrogen-bond donors (Lipinski definition) is 7. The largest absolute Gasteiger partial charge is 0.481 e. The van der Waals surface area contributed by atoms with Gasteiger partial charge in [0.15, 0.2) is 5.95 Å². The monoisotopic (exact) mass is 432 g/mol. The standard InChI is InChI=1S/C19H24N6O6/c20-19-23-10-14(17(29)25-19)22-9-1-8-21-12-4-2-11(3-5-12)16(28)24-13(18(30)31)6-7-15(26)27/h2-5,10,13,21-22H,1,6-9H2,(H,24,28)(H,26,27)(H,30,31)(H3,20,23,25,29)/t13-/m0/s1. The maximum Gasteiger partial charge on any atom is 0.326 e. The van der Waals surface area contributed by atoms with Crippen molar-refractivity contribution in [1.82, 2.24) is 15.3 Å². The van der Waals surface area contributed by atoms with E-state index in [0.717, 1.165) is 5.69 Å². The molecule has 0 saturated carbocycles. The molecule has 2 rings (SSSR count). The first-order chi connectivity index (χ1) is 14.8. The Kier molecular flexibility index (Phi) is 8.37. The highest BCUT2D eigenvalue weighted by molar-refractivity contribution is 5.96. The molecule has 1 amide bonds. The van der Waals surface area contributed by atoms with Gasteiger partial charge in [-0.15, -0.1) is 0 Å². The first-order valence-corrected chi connectivity index (χ1v) is 9.44. The molecule has 0 aliphatic rings. The van der Waals surface area contributed by atoms with Crippen molar-refractivity contribution in [3.63, 3.8) is 0 Å². The molecule has 0 fully saturated rings. The first kappa shape index (κ1) is 23.2. The molecule has 1 aromatic heterocycles. The number of nitrogens with one attached hydrogen (secondary N) is 4. The molecule has 166 valence electrons. The average molecular weight is 432 g/mol.